The zero-order chi connectivity index (χ0) is 42.8. The van der Waals surface area contributed by atoms with Crippen molar-refractivity contribution in [2.45, 2.75) is 136 Å². The van der Waals surface area contributed by atoms with Gasteiger partial charge in [-0.15, -0.1) is 0 Å². The van der Waals surface area contributed by atoms with Crippen LogP contribution in [0.4, 0.5) is 9.59 Å². The summed E-state index contributed by atoms with van der Waals surface area (Å²) in [5, 5.41) is 2.27. The first kappa shape index (κ1) is 43.2. The Balaban J connectivity index is 1.09. The Labute approximate surface area is 356 Å². The molecule has 2 saturated heterocycles. The zero-order valence-corrected chi connectivity index (χ0v) is 38.1. The summed E-state index contributed by atoms with van der Waals surface area (Å²) in [7, 11) is -1.28. The molecule has 3 aromatic carbocycles. The number of hydrogen-bond donors (Lipinski definition) is 1. The lowest BCUT2D eigenvalue weighted by Gasteiger charge is -2.30. The molecule has 2 aliphatic heterocycles. The van der Waals surface area contributed by atoms with Gasteiger partial charge in [0.15, 0.2) is 0 Å². The van der Waals surface area contributed by atoms with Crippen LogP contribution in [-0.2, 0) is 20.9 Å². The monoisotopic (exact) mass is 832 g/mol. The zero-order valence-electron chi connectivity index (χ0n) is 37.1. The molecule has 5 aromatic rings. The molecule has 0 aliphatic carbocycles. The van der Waals surface area contributed by atoms with Crippen LogP contribution in [0.15, 0.2) is 73.1 Å². The number of fused-ring (bicyclic) bond motifs is 1. The second kappa shape index (κ2) is 17.6. The number of ether oxygens (including phenoxy) is 3. The Morgan fingerprint density at radius 2 is 1.28 bits per heavy atom. The molecule has 2 unspecified atom stereocenters. The van der Waals surface area contributed by atoms with Crippen molar-refractivity contribution in [2.24, 2.45) is 0 Å². The molecule has 4 heterocycles. The summed E-state index contributed by atoms with van der Waals surface area (Å²) in [4.78, 5) is 43.3. The van der Waals surface area contributed by atoms with Crippen molar-refractivity contribution >= 4 is 31.0 Å². The first-order valence-electron chi connectivity index (χ1n) is 21.9. The number of nitrogens with one attached hydrogen (secondary N) is 1. The molecule has 7 rings (SSSR count). The first-order valence-corrected chi connectivity index (χ1v) is 25.6. The van der Waals surface area contributed by atoms with Gasteiger partial charge in [-0.25, -0.2) is 19.6 Å². The van der Waals surface area contributed by atoms with Gasteiger partial charge in [-0.1, -0.05) is 82.0 Å². The number of imidazole rings is 2. The molecule has 2 atom stereocenters. The minimum Gasteiger partial charge on any atom is -0.443 e. The van der Waals surface area contributed by atoms with Crippen molar-refractivity contribution in [3.63, 3.8) is 0 Å². The van der Waals surface area contributed by atoms with Gasteiger partial charge >= 0.3 is 12.2 Å². The summed E-state index contributed by atoms with van der Waals surface area (Å²) in [5.74, 6) is 1.63. The number of likely N-dealkylation sites (tertiary alicyclic amines) is 2. The van der Waals surface area contributed by atoms with E-state index in [0.717, 1.165) is 101 Å². The van der Waals surface area contributed by atoms with E-state index in [1.54, 1.807) is 4.90 Å². The van der Waals surface area contributed by atoms with Gasteiger partial charge in [0.05, 0.1) is 35.9 Å². The van der Waals surface area contributed by atoms with Gasteiger partial charge in [-0.3, -0.25) is 9.80 Å². The van der Waals surface area contributed by atoms with Crippen molar-refractivity contribution in [2.75, 3.05) is 19.7 Å². The van der Waals surface area contributed by atoms with Crippen molar-refractivity contribution in [1.29, 1.82) is 0 Å². The lowest BCUT2D eigenvalue weighted by Crippen LogP contribution is -2.38. The Kier molecular flexibility index (Phi) is 12.6. The Bertz CT molecular complexity index is 2290. The van der Waals surface area contributed by atoms with E-state index in [-0.39, 0.29) is 24.3 Å². The number of rotatable bonds is 14. The maximum absolute atomic E-state index is 13.5. The third-order valence-corrected chi connectivity index (χ3v) is 14.1. The van der Waals surface area contributed by atoms with Crippen LogP contribution < -0.4 is 0 Å². The minimum absolute atomic E-state index is 0.126. The fourth-order valence-corrected chi connectivity index (χ4v) is 8.65. The third kappa shape index (κ3) is 9.81. The molecule has 2 aromatic heterocycles. The molecule has 12 heteroatoms. The highest BCUT2D eigenvalue weighted by Crippen LogP contribution is 2.37. The molecule has 320 valence electrons. The normalized spacial score (nSPS) is 17.5. The van der Waals surface area contributed by atoms with Gasteiger partial charge in [0.1, 0.15) is 29.6 Å². The Hall–Kier alpha value is -4.94. The van der Waals surface area contributed by atoms with E-state index >= 15 is 0 Å². The largest absolute Gasteiger partial charge is 0.443 e. The fraction of sp³-hybridized carbons (Fsp3) is 0.500. The molecule has 0 bridgehead atoms. The van der Waals surface area contributed by atoms with Gasteiger partial charge in [0, 0.05) is 33.3 Å². The summed E-state index contributed by atoms with van der Waals surface area (Å²) in [5.41, 5.74) is 5.18. The number of hydrogen-bond acceptors (Lipinski definition) is 7. The molecular formula is C48H64N6O5Si. The maximum Gasteiger partial charge on any atom is 0.410 e. The number of carbonyl (C=O) groups is 2. The van der Waals surface area contributed by atoms with Gasteiger partial charge in [0.2, 0.25) is 0 Å². The molecule has 2 amide bonds. The molecular weight excluding hydrogens is 769 g/mol. The number of amides is 2. The summed E-state index contributed by atoms with van der Waals surface area (Å²) < 4.78 is 20.3. The summed E-state index contributed by atoms with van der Waals surface area (Å²) >= 11 is 0. The smallest absolute Gasteiger partial charge is 0.410 e. The molecule has 2 fully saturated rings. The SMILES string of the molecule is CCC(C)(C)OC(=O)N1CCCC1c1ncc(-c2ccc(-c3ccc4cc(-c5cnc(C6CCCN6C(=O)OC(C)(C)CC)n5COCC[Si](C)(C)C)ccc4c3)cc2)[nH]1. The molecule has 60 heavy (non-hydrogen) atoms. The van der Waals surface area contributed by atoms with Crippen molar-refractivity contribution in [3.8, 4) is 33.6 Å². The topological polar surface area (TPSA) is 115 Å². The lowest BCUT2D eigenvalue weighted by atomic mass is 9.98. The minimum atomic E-state index is -1.28. The number of aromatic amines is 1. The number of aromatic nitrogens is 4. The third-order valence-electron chi connectivity index (χ3n) is 12.4. The van der Waals surface area contributed by atoms with Crippen LogP contribution in [0.1, 0.15) is 104 Å². The standard InChI is InChI=1S/C48H64N6O5Si/c1-10-47(3,4)58-45(55)52-24-12-14-40(52)43-49-30-39(51-43)34-18-16-33(17-19-34)35-20-21-37-29-38(23-22-36(37)28-35)42-31-50-44(54(42)32-57-26-27-60(7,8)9)41-15-13-25-53(41)46(56)59-48(5,6)11-2/h16-23,28-31,40-41H,10-15,24-27,32H2,1-9H3,(H,49,51). The first-order chi connectivity index (χ1) is 28.5. The van der Waals surface area contributed by atoms with E-state index < -0.39 is 19.3 Å². The highest BCUT2D eigenvalue weighted by Gasteiger charge is 2.38. The average molecular weight is 833 g/mol. The van der Waals surface area contributed by atoms with Gasteiger partial charge in [-0.2, -0.15) is 0 Å². The summed E-state index contributed by atoms with van der Waals surface area (Å²) in [6, 6.07) is 22.4. The molecule has 0 radical (unpaired) electrons. The van der Waals surface area contributed by atoms with E-state index in [1.165, 1.54) is 0 Å². The van der Waals surface area contributed by atoms with E-state index in [4.69, 9.17) is 24.2 Å². The summed E-state index contributed by atoms with van der Waals surface area (Å²) in [6.45, 7) is 21.3. The lowest BCUT2D eigenvalue weighted by molar-refractivity contribution is 0.00707. The molecule has 1 N–H and O–H groups in total. The molecule has 0 saturated carbocycles. The van der Waals surface area contributed by atoms with Crippen LogP contribution >= 0.6 is 0 Å². The van der Waals surface area contributed by atoms with E-state index in [9.17, 15) is 9.59 Å². The van der Waals surface area contributed by atoms with E-state index in [0.29, 0.717) is 26.4 Å². The number of carbonyl (C=O) groups excluding carboxylic acids is 2. The molecule has 0 spiro atoms. The van der Waals surface area contributed by atoms with Crippen LogP contribution in [0.2, 0.25) is 25.7 Å². The van der Waals surface area contributed by atoms with Crippen LogP contribution in [0.5, 0.6) is 0 Å². The Morgan fingerprint density at radius 1 is 0.733 bits per heavy atom. The fourth-order valence-electron chi connectivity index (χ4n) is 7.89. The highest BCUT2D eigenvalue weighted by atomic mass is 28.3. The maximum atomic E-state index is 13.5. The van der Waals surface area contributed by atoms with Gasteiger partial charge in [-0.05, 0) is 112 Å². The number of H-pyrrole nitrogens is 1. The van der Waals surface area contributed by atoms with E-state index in [1.807, 2.05) is 58.8 Å². The highest BCUT2D eigenvalue weighted by molar-refractivity contribution is 6.76. The number of nitrogens with zero attached hydrogens (tertiary/aromatic N) is 5. The van der Waals surface area contributed by atoms with Crippen LogP contribution in [0, 0.1) is 0 Å². The van der Waals surface area contributed by atoms with Crippen molar-refractivity contribution in [1.82, 2.24) is 29.3 Å². The molecule has 11 nitrogen and oxygen atoms in total. The average Bonchev–Trinajstić information content (AvgIpc) is 4.05. The molecule has 2 aliphatic rings. The van der Waals surface area contributed by atoms with Gasteiger partial charge < -0.3 is 23.8 Å². The second-order valence-corrected chi connectivity index (χ2v) is 24.6. The van der Waals surface area contributed by atoms with Crippen molar-refractivity contribution in [3.05, 3.63) is 84.7 Å². The quantitative estimate of drug-likeness (QED) is 0.0875. The van der Waals surface area contributed by atoms with Crippen LogP contribution in [0.25, 0.3) is 44.4 Å². The number of benzene rings is 3. The van der Waals surface area contributed by atoms with Gasteiger partial charge in [0.25, 0.3) is 0 Å². The van der Waals surface area contributed by atoms with Crippen LogP contribution in [0.3, 0.4) is 0 Å². The summed E-state index contributed by atoms with van der Waals surface area (Å²) in [6.07, 6.45) is 8.21. The van der Waals surface area contributed by atoms with Crippen LogP contribution in [-0.4, -0.2) is 80.5 Å². The van der Waals surface area contributed by atoms with Crippen molar-refractivity contribution < 1.29 is 23.8 Å². The predicted molar refractivity (Wildman–Crippen MR) is 241 cm³/mol. The Morgan fingerprint density at radius 3 is 1.90 bits per heavy atom. The van der Waals surface area contributed by atoms with E-state index in [2.05, 4.69) is 89.9 Å². The second-order valence-electron chi connectivity index (χ2n) is 19.0. The predicted octanol–water partition coefficient (Wildman–Crippen LogP) is 12.0.